The first-order chi connectivity index (χ1) is 12.9. The van der Waals surface area contributed by atoms with E-state index in [-0.39, 0.29) is 12.2 Å². The Morgan fingerprint density at radius 2 is 1.08 bits per heavy atom. The second kappa shape index (κ2) is 12.6. The van der Waals surface area contributed by atoms with Gasteiger partial charge in [-0.3, -0.25) is 0 Å². The highest BCUT2D eigenvalue weighted by Crippen LogP contribution is 2.26. The molecule has 2 atom stereocenters. The van der Waals surface area contributed by atoms with Crippen LogP contribution in [0.25, 0.3) is 10.8 Å². The highest BCUT2D eigenvalue weighted by molar-refractivity contribution is 5.85. The van der Waals surface area contributed by atoms with Gasteiger partial charge in [0.25, 0.3) is 0 Å². The van der Waals surface area contributed by atoms with Crippen LogP contribution < -0.4 is 9.47 Å². The van der Waals surface area contributed by atoms with E-state index in [4.69, 9.17) is 18.9 Å². The molecule has 2 saturated heterocycles. The van der Waals surface area contributed by atoms with Gasteiger partial charge in [-0.2, -0.15) is 0 Å². The van der Waals surface area contributed by atoms with Crippen molar-refractivity contribution in [2.75, 3.05) is 26.4 Å². The lowest BCUT2D eigenvalue weighted by Gasteiger charge is -2.08. The van der Waals surface area contributed by atoms with E-state index in [1.54, 1.807) is 0 Å². The fourth-order valence-corrected chi connectivity index (χ4v) is 2.09. The van der Waals surface area contributed by atoms with E-state index in [9.17, 15) is 0 Å². The van der Waals surface area contributed by atoms with Crippen molar-refractivity contribution >= 4 is 10.8 Å². The molecular formula is C22H34O4. The number of rotatable bonds is 6. The summed E-state index contributed by atoms with van der Waals surface area (Å²) in [6.07, 6.45) is 0.554. The highest BCUT2D eigenvalue weighted by atomic mass is 16.6. The number of benzene rings is 2. The van der Waals surface area contributed by atoms with Crippen LogP contribution in [0.4, 0.5) is 0 Å². The lowest BCUT2D eigenvalue weighted by molar-refractivity contribution is 0.262. The largest absolute Gasteiger partial charge is 0.491 e. The van der Waals surface area contributed by atoms with Gasteiger partial charge < -0.3 is 18.9 Å². The Kier molecular flexibility index (Phi) is 10.7. The van der Waals surface area contributed by atoms with Gasteiger partial charge >= 0.3 is 0 Å². The summed E-state index contributed by atoms with van der Waals surface area (Å²) < 4.78 is 21.7. The van der Waals surface area contributed by atoms with Gasteiger partial charge in [-0.05, 0) is 35.0 Å². The summed E-state index contributed by atoms with van der Waals surface area (Å²) in [6.45, 7) is 14.9. The maximum absolute atomic E-state index is 5.70. The van der Waals surface area contributed by atoms with E-state index < -0.39 is 0 Å². The molecule has 2 heterocycles. The summed E-state index contributed by atoms with van der Waals surface area (Å²) in [5.41, 5.74) is 0. The molecule has 26 heavy (non-hydrogen) atoms. The van der Waals surface area contributed by atoms with E-state index in [0.717, 1.165) is 30.1 Å². The number of fused-ring (bicyclic) bond motifs is 1. The molecule has 0 aromatic heterocycles. The maximum atomic E-state index is 5.70. The lowest BCUT2D eigenvalue weighted by Crippen LogP contribution is -2.04. The van der Waals surface area contributed by atoms with Crippen molar-refractivity contribution in [1.82, 2.24) is 0 Å². The maximum Gasteiger partial charge on any atom is 0.120 e. The van der Waals surface area contributed by atoms with Crippen LogP contribution in [0, 0.1) is 0 Å². The summed E-state index contributed by atoms with van der Waals surface area (Å²) in [5.74, 6) is 1.74. The Balaban J connectivity index is 0.000000515. The Labute approximate surface area is 158 Å². The van der Waals surface area contributed by atoms with E-state index >= 15 is 0 Å². The van der Waals surface area contributed by atoms with Crippen molar-refractivity contribution in [1.29, 1.82) is 0 Å². The number of ether oxygens (including phenoxy) is 4. The smallest absolute Gasteiger partial charge is 0.120 e. The number of hydrogen-bond acceptors (Lipinski definition) is 4. The van der Waals surface area contributed by atoms with Gasteiger partial charge in [-0.25, -0.2) is 0 Å². The first-order valence-electron chi connectivity index (χ1n) is 9.89. The van der Waals surface area contributed by atoms with Crippen LogP contribution in [0.2, 0.25) is 0 Å². The molecular weight excluding hydrogens is 328 g/mol. The summed E-state index contributed by atoms with van der Waals surface area (Å²) in [6, 6.07) is 12.2. The van der Waals surface area contributed by atoms with Crippen LogP contribution >= 0.6 is 0 Å². The molecule has 2 fully saturated rings. The molecule has 0 aliphatic carbocycles. The van der Waals surface area contributed by atoms with E-state index in [1.807, 2.05) is 65.8 Å². The predicted molar refractivity (Wildman–Crippen MR) is 108 cm³/mol. The molecule has 0 saturated carbocycles. The third-order valence-corrected chi connectivity index (χ3v) is 3.46. The van der Waals surface area contributed by atoms with Gasteiger partial charge in [0, 0.05) is 0 Å². The third kappa shape index (κ3) is 7.63. The Morgan fingerprint density at radius 3 is 1.42 bits per heavy atom. The topological polar surface area (TPSA) is 43.5 Å². The molecule has 0 radical (unpaired) electrons. The molecule has 2 aliphatic rings. The van der Waals surface area contributed by atoms with Crippen LogP contribution in [0.15, 0.2) is 36.4 Å². The average Bonchev–Trinajstić information content (AvgIpc) is 3.64. The second-order valence-electron chi connectivity index (χ2n) is 5.20. The number of epoxide rings is 2. The van der Waals surface area contributed by atoms with Crippen molar-refractivity contribution in [3.8, 4) is 11.5 Å². The fourth-order valence-electron chi connectivity index (χ4n) is 2.09. The van der Waals surface area contributed by atoms with Crippen LogP contribution in [0.5, 0.6) is 11.5 Å². The minimum Gasteiger partial charge on any atom is -0.491 e. The Hall–Kier alpha value is -1.78. The highest BCUT2D eigenvalue weighted by Gasteiger charge is 2.23. The zero-order valence-corrected chi connectivity index (χ0v) is 17.1. The Bertz CT molecular complexity index is 568. The van der Waals surface area contributed by atoms with Crippen molar-refractivity contribution in [3.63, 3.8) is 0 Å². The molecule has 146 valence electrons. The standard InChI is InChI=1S/C16H16O4.3C2H6/c1-3-13(17-7-15-9-19-15)5-12-6-14(4-2-11(1)12)18-8-16-10-20-16;3*1-2/h1-6,15-16H,7-10H2;3*1-2H3. The lowest BCUT2D eigenvalue weighted by atomic mass is 10.1. The van der Waals surface area contributed by atoms with Gasteiger partial charge in [0.2, 0.25) is 0 Å². The Morgan fingerprint density at radius 1 is 0.692 bits per heavy atom. The van der Waals surface area contributed by atoms with Gasteiger partial charge in [0.1, 0.15) is 36.9 Å². The first-order valence-corrected chi connectivity index (χ1v) is 9.89. The SMILES string of the molecule is CC.CC.CC.c1cc2ccc(OCC3CO3)cc2cc1OCC1CO1. The minimum atomic E-state index is 0.277. The molecule has 2 aromatic carbocycles. The van der Waals surface area contributed by atoms with Crippen molar-refractivity contribution in [2.45, 2.75) is 53.8 Å². The molecule has 0 bridgehead atoms. The zero-order valence-electron chi connectivity index (χ0n) is 17.1. The molecule has 2 aliphatic heterocycles. The van der Waals surface area contributed by atoms with Crippen molar-refractivity contribution in [3.05, 3.63) is 36.4 Å². The quantitative estimate of drug-likeness (QED) is 0.639. The average molecular weight is 363 g/mol. The van der Waals surface area contributed by atoms with Gasteiger partial charge in [-0.1, -0.05) is 53.7 Å². The predicted octanol–water partition coefficient (Wildman–Crippen LogP) is 5.47. The van der Waals surface area contributed by atoms with Crippen LogP contribution in [-0.4, -0.2) is 38.6 Å². The molecule has 0 spiro atoms. The van der Waals surface area contributed by atoms with Crippen LogP contribution in [0.3, 0.4) is 0 Å². The normalized spacial score (nSPS) is 18.8. The van der Waals surface area contributed by atoms with Crippen LogP contribution in [0.1, 0.15) is 41.5 Å². The molecule has 0 N–H and O–H groups in total. The van der Waals surface area contributed by atoms with Gasteiger partial charge in [-0.15, -0.1) is 0 Å². The van der Waals surface area contributed by atoms with Gasteiger partial charge in [0.15, 0.2) is 0 Å². The monoisotopic (exact) mass is 362 g/mol. The van der Waals surface area contributed by atoms with E-state index in [1.165, 1.54) is 5.39 Å². The third-order valence-electron chi connectivity index (χ3n) is 3.46. The molecule has 4 heteroatoms. The molecule has 2 aromatic rings. The first kappa shape index (κ1) is 22.3. The molecule has 4 rings (SSSR count). The van der Waals surface area contributed by atoms with Crippen LogP contribution in [-0.2, 0) is 9.47 Å². The van der Waals surface area contributed by atoms with Crippen molar-refractivity contribution < 1.29 is 18.9 Å². The summed E-state index contributed by atoms with van der Waals surface area (Å²) >= 11 is 0. The van der Waals surface area contributed by atoms with Crippen molar-refractivity contribution in [2.24, 2.45) is 0 Å². The fraction of sp³-hybridized carbons (Fsp3) is 0.545. The molecule has 0 amide bonds. The second-order valence-corrected chi connectivity index (χ2v) is 5.20. The minimum absolute atomic E-state index is 0.277. The van der Waals surface area contributed by atoms with E-state index in [2.05, 4.69) is 12.1 Å². The number of hydrogen-bond donors (Lipinski definition) is 0. The van der Waals surface area contributed by atoms with E-state index in [0.29, 0.717) is 13.2 Å². The molecule has 4 nitrogen and oxygen atoms in total. The summed E-state index contributed by atoms with van der Waals surface area (Å²) in [7, 11) is 0. The summed E-state index contributed by atoms with van der Waals surface area (Å²) in [5, 5.41) is 2.29. The zero-order chi connectivity index (χ0) is 19.4. The summed E-state index contributed by atoms with van der Waals surface area (Å²) in [4.78, 5) is 0. The molecule has 2 unspecified atom stereocenters. The van der Waals surface area contributed by atoms with Gasteiger partial charge in [0.05, 0.1) is 13.2 Å².